The van der Waals surface area contributed by atoms with Crippen molar-refractivity contribution in [2.75, 3.05) is 13.1 Å². The van der Waals surface area contributed by atoms with Crippen LogP contribution in [0, 0.1) is 0 Å². The Hall–Kier alpha value is -0.240. The molecule has 0 amide bonds. The quantitative estimate of drug-likeness (QED) is 0.415. The van der Waals surface area contributed by atoms with Gasteiger partial charge in [-0.2, -0.15) is 0 Å². The highest BCUT2D eigenvalue weighted by Gasteiger charge is 2.26. The topological polar surface area (TPSA) is 15.0 Å². The van der Waals surface area contributed by atoms with Crippen LogP contribution in [0.25, 0.3) is 0 Å². The molecule has 0 spiro atoms. The average molecular weight is 177 g/mol. The zero-order valence-corrected chi connectivity index (χ0v) is 8.50. The molecule has 1 N–H and O–H groups in total. The fourth-order valence-corrected chi connectivity index (χ4v) is 1.45. The summed E-state index contributed by atoms with van der Waals surface area (Å²) in [6, 6.07) is 0. The highest BCUT2D eigenvalue weighted by atomic mass is 35.5. The van der Waals surface area contributed by atoms with Crippen LogP contribution in [-0.4, -0.2) is 29.0 Å². The zero-order chi connectivity index (χ0) is 7.78. The Morgan fingerprint density at radius 3 is 2.09 bits per heavy atom. The molecule has 0 fully saturated rings. The van der Waals surface area contributed by atoms with Crippen LogP contribution in [0.3, 0.4) is 0 Å². The third-order valence-electron chi connectivity index (χ3n) is 1.93. The number of hydrogen-bond acceptors (Lipinski definition) is 1. The molecule has 0 saturated carbocycles. The second kappa shape index (κ2) is 3.44. The number of hydrogen-bond donors (Lipinski definition) is 1. The fraction of sp³-hybridized carbons (Fsp3) is 0.875. The third-order valence-corrected chi connectivity index (χ3v) is 1.93. The summed E-state index contributed by atoms with van der Waals surface area (Å²) in [6.07, 6.45) is 0. The van der Waals surface area contributed by atoms with E-state index in [2.05, 4.69) is 37.6 Å². The van der Waals surface area contributed by atoms with Gasteiger partial charge in [-0.1, -0.05) is 0 Å². The summed E-state index contributed by atoms with van der Waals surface area (Å²) < 4.78 is 2.40. The zero-order valence-electron chi connectivity index (χ0n) is 7.74. The van der Waals surface area contributed by atoms with Crippen LogP contribution in [0.1, 0.15) is 27.7 Å². The molecule has 3 heteroatoms. The number of nitrogens with one attached hydrogen (secondary N) is 1. The molecule has 0 aromatic rings. The van der Waals surface area contributed by atoms with Gasteiger partial charge in [-0.25, -0.2) is 0 Å². The maximum atomic E-state index is 3.32. The largest absolute Gasteiger partial charge is 1.00 e. The molecule has 66 valence electrons. The molecule has 11 heavy (non-hydrogen) atoms. The molecule has 0 saturated heterocycles. The molecule has 2 nitrogen and oxygen atoms in total. The lowest BCUT2D eigenvalue weighted by Gasteiger charge is -2.18. The van der Waals surface area contributed by atoms with Gasteiger partial charge < -0.3 is 12.4 Å². The van der Waals surface area contributed by atoms with Gasteiger partial charge in [-0.05, 0) is 20.8 Å². The Morgan fingerprint density at radius 1 is 1.36 bits per heavy atom. The first kappa shape index (κ1) is 10.8. The van der Waals surface area contributed by atoms with Gasteiger partial charge in [0.15, 0.2) is 0 Å². The van der Waals surface area contributed by atoms with Crippen molar-refractivity contribution in [1.82, 2.24) is 5.32 Å². The molecule has 0 bridgehead atoms. The van der Waals surface area contributed by atoms with Crippen molar-refractivity contribution in [3.63, 3.8) is 0 Å². The van der Waals surface area contributed by atoms with Crippen LogP contribution in [0.5, 0.6) is 0 Å². The van der Waals surface area contributed by atoms with E-state index in [1.165, 1.54) is 5.84 Å². The van der Waals surface area contributed by atoms with Gasteiger partial charge in [0.2, 0.25) is 5.84 Å². The molecular weight excluding hydrogens is 160 g/mol. The number of halogens is 1. The highest BCUT2D eigenvalue weighted by molar-refractivity contribution is 5.75. The van der Waals surface area contributed by atoms with Gasteiger partial charge in [-0.15, -0.1) is 0 Å². The molecule has 1 aliphatic rings. The lowest BCUT2D eigenvalue weighted by Crippen LogP contribution is -3.00. The van der Waals surface area contributed by atoms with Crippen LogP contribution in [0.15, 0.2) is 0 Å². The maximum Gasteiger partial charge on any atom is 0.242 e. The Kier molecular flexibility index (Phi) is 3.36. The van der Waals surface area contributed by atoms with Crippen molar-refractivity contribution in [3.05, 3.63) is 0 Å². The van der Waals surface area contributed by atoms with Gasteiger partial charge in [0, 0.05) is 6.92 Å². The van der Waals surface area contributed by atoms with Gasteiger partial charge in [0.05, 0.1) is 5.54 Å². The van der Waals surface area contributed by atoms with E-state index < -0.39 is 0 Å². The highest BCUT2D eigenvalue weighted by Crippen LogP contribution is 2.08. The van der Waals surface area contributed by atoms with E-state index in [0.29, 0.717) is 0 Å². The first-order chi connectivity index (χ1) is 4.52. The summed E-state index contributed by atoms with van der Waals surface area (Å²) >= 11 is 0. The van der Waals surface area contributed by atoms with Gasteiger partial charge in [0.1, 0.15) is 13.1 Å². The molecule has 0 aliphatic carbocycles. The molecule has 0 atom stereocenters. The fourth-order valence-electron chi connectivity index (χ4n) is 1.45. The van der Waals surface area contributed by atoms with Gasteiger partial charge in [-0.3, -0.25) is 9.89 Å². The Bertz CT molecular complexity index is 167. The van der Waals surface area contributed by atoms with E-state index in [0.717, 1.165) is 13.1 Å². The van der Waals surface area contributed by atoms with Gasteiger partial charge in [0.25, 0.3) is 0 Å². The maximum absolute atomic E-state index is 3.32. The van der Waals surface area contributed by atoms with Crippen LogP contribution in [0.4, 0.5) is 0 Å². The van der Waals surface area contributed by atoms with Crippen molar-refractivity contribution in [2.45, 2.75) is 33.2 Å². The summed E-state index contributed by atoms with van der Waals surface area (Å²) in [6.45, 7) is 11.1. The standard InChI is InChI=1S/C8H16N2.ClH/c1-7-9-5-6-10(7)8(2,3)4;/h5-6H2,1-4H3;1H. The Labute approximate surface area is 75.1 Å². The van der Waals surface area contributed by atoms with E-state index in [1.807, 2.05) is 0 Å². The van der Waals surface area contributed by atoms with E-state index in [1.54, 1.807) is 0 Å². The van der Waals surface area contributed by atoms with Crippen LogP contribution in [0.2, 0.25) is 0 Å². The molecule has 1 rings (SSSR count). The molecule has 0 aromatic carbocycles. The summed E-state index contributed by atoms with van der Waals surface area (Å²) in [5, 5.41) is 3.32. The van der Waals surface area contributed by atoms with Crippen molar-refractivity contribution in [2.24, 2.45) is 0 Å². The predicted molar refractivity (Wildman–Crippen MR) is 43.6 cm³/mol. The van der Waals surface area contributed by atoms with E-state index >= 15 is 0 Å². The Morgan fingerprint density at radius 2 is 1.91 bits per heavy atom. The molecule has 0 radical (unpaired) electrons. The van der Waals surface area contributed by atoms with Crippen molar-refractivity contribution in [3.8, 4) is 0 Å². The minimum absolute atomic E-state index is 0. The van der Waals surface area contributed by atoms with Crippen LogP contribution >= 0.6 is 0 Å². The molecule has 1 aliphatic heterocycles. The minimum atomic E-state index is 0. The number of amidine groups is 1. The first-order valence-corrected chi connectivity index (χ1v) is 3.87. The van der Waals surface area contributed by atoms with Crippen LogP contribution < -0.4 is 17.7 Å². The summed E-state index contributed by atoms with van der Waals surface area (Å²) in [7, 11) is 0. The van der Waals surface area contributed by atoms with E-state index in [9.17, 15) is 0 Å². The lowest BCUT2D eigenvalue weighted by molar-refractivity contribution is -0.588. The smallest absolute Gasteiger partial charge is 0.242 e. The monoisotopic (exact) mass is 176 g/mol. The summed E-state index contributed by atoms with van der Waals surface area (Å²) in [5.41, 5.74) is 0.285. The van der Waals surface area contributed by atoms with Crippen molar-refractivity contribution >= 4 is 5.84 Å². The molecule has 0 unspecified atom stereocenters. The normalized spacial score (nSPS) is 17.8. The molecule has 1 heterocycles. The number of rotatable bonds is 0. The van der Waals surface area contributed by atoms with Crippen molar-refractivity contribution < 1.29 is 17.0 Å². The van der Waals surface area contributed by atoms with Gasteiger partial charge >= 0.3 is 0 Å². The van der Waals surface area contributed by atoms with E-state index in [4.69, 9.17) is 0 Å². The summed E-state index contributed by atoms with van der Waals surface area (Å²) in [5.74, 6) is 1.31. The third kappa shape index (κ3) is 2.37. The lowest BCUT2D eigenvalue weighted by atomic mass is 10.1. The summed E-state index contributed by atoms with van der Waals surface area (Å²) in [4.78, 5) is 0. The SMILES string of the molecule is CC1=[N+](C(C)(C)C)CCN1.[Cl-]. The first-order valence-electron chi connectivity index (χ1n) is 3.87. The van der Waals surface area contributed by atoms with Crippen molar-refractivity contribution in [1.29, 1.82) is 0 Å². The second-order valence-electron chi connectivity index (χ2n) is 3.83. The molecular formula is C8H17ClN2. The second-order valence-corrected chi connectivity index (χ2v) is 3.83. The Balaban J connectivity index is 0.000001000. The number of nitrogens with zero attached hydrogens (tertiary/aromatic N) is 1. The minimum Gasteiger partial charge on any atom is -1.00 e. The predicted octanol–water partition coefficient (Wildman–Crippen LogP) is -2.18. The average Bonchev–Trinajstić information content (AvgIpc) is 2.11. The van der Waals surface area contributed by atoms with E-state index in [-0.39, 0.29) is 17.9 Å². The molecule has 0 aromatic heterocycles. The van der Waals surface area contributed by atoms with Crippen LogP contribution in [-0.2, 0) is 0 Å².